The quantitative estimate of drug-likeness (QED) is 0.769. The van der Waals surface area contributed by atoms with Gasteiger partial charge in [0.05, 0.1) is 13.1 Å². The van der Waals surface area contributed by atoms with Gasteiger partial charge in [0.1, 0.15) is 0 Å². The lowest BCUT2D eigenvalue weighted by molar-refractivity contribution is 0.100. The molecule has 2 amide bonds. The highest BCUT2D eigenvalue weighted by Gasteiger charge is 2.15. The molecule has 2 rings (SSSR count). The van der Waals surface area contributed by atoms with Crippen LogP contribution in [0.1, 0.15) is 29.3 Å². The van der Waals surface area contributed by atoms with Crippen LogP contribution >= 0.6 is 0 Å². The predicted molar refractivity (Wildman–Crippen MR) is 96.1 cm³/mol. The van der Waals surface area contributed by atoms with Crippen LogP contribution in [0.2, 0.25) is 0 Å². The van der Waals surface area contributed by atoms with Crippen molar-refractivity contribution in [1.82, 2.24) is 5.32 Å². The highest BCUT2D eigenvalue weighted by molar-refractivity contribution is 5.97. The Morgan fingerprint density at radius 1 is 1.04 bits per heavy atom. The van der Waals surface area contributed by atoms with E-state index in [9.17, 15) is 9.59 Å². The molecular formula is C19H23N3O2. The maximum Gasteiger partial charge on any atom is 0.322 e. The number of carbonyl (C=O) groups excluding carboxylic acids is 2. The SMILES string of the molecule is CCCNC(=O)N(Cc1ccc(C(=O)CN)cc1)c1ccccc1. The Hall–Kier alpha value is -2.66. The van der Waals surface area contributed by atoms with Crippen molar-refractivity contribution in [3.8, 4) is 0 Å². The number of hydrogen-bond donors (Lipinski definition) is 2. The predicted octanol–water partition coefficient (Wildman–Crippen LogP) is 2.95. The number of Topliss-reactive ketones (excluding diaryl/α,β-unsaturated/α-hetero) is 1. The second-order valence-electron chi connectivity index (χ2n) is 5.48. The lowest BCUT2D eigenvalue weighted by Gasteiger charge is -2.23. The number of nitrogens with zero attached hydrogens (tertiary/aromatic N) is 1. The molecule has 0 atom stereocenters. The molecule has 0 saturated heterocycles. The van der Waals surface area contributed by atoms with E-state index in [4.69, 9.17) is 5.73 Å². The molecule has 0 heterocycles. The first kappa shape index (κ1) is 17.7. The zero-order valence-corrected chi connectivity index (χ0v) is 13.9. The first-order chi connectivity index (χ1) is 11.7. The summed E-state index contributed by atoms with van der Waals surface area (Å²) >= 11 is 0. The molecule has 0 aromatic heterocycles. The molecule has 0 fully saturated rings. The van der Waals surface area contributed by atoms with Gasteiger partial charge in [-0.05, 0) is 24.1 Å². The molecule has 0 bridgehead atoms. The molecule has 0 aliphatic rings. The number of hydrogen-bond acceptors (Lipinski definition) is 3. The van der Waals surface area contributed by atoms with Crippen LogP contribution in [-0.4, -0.2) is 24.9 Å². The van der Waals surface area contributed by atoms with Gasteiger partial charge in [-0.25, -0.2) is 4.79 Å². The molecule has 3 N–H and O–H groups in total. The Labute approximate surface area is 142 Å². The minimum Gasteiger partial charge on any atom is -0.338 e. The first-order valence-corrected chi connectivity index (χ1v) is 8.08. The number of rotatable bonds is 7. The monoisotopic (exact) mass is 325 g/mol. The van der Waals surface area contributed by atoms with Crippen LogP contribution in [0, 0.1) is 0 Å². The average molecular weight is 325 g/mol. The molecule has 2 aromatic rings. The fourth-order valence-electron chi connectivity index (χ4n) is 2.31. The van der Waals surface area contributed by atoms with Crippen molar-refractivity contribution in [3.05, 3.63) is 65.7 Å². The van der Waals surface area contributed by atoms with Gasteiger partial charge in [-0.3, -0.25) is 9.69 Å². The van der Waals surface area contributed by atoms with Gasteiger partial charge in [0, 0.05) is 17.8 Å². The summed E-state index contributed by atoms with van der Waals surface area (Å²) in [6.45, 7) is 3.07. The van der Waals surface area contributed by atoms with E-state index in [-0.39, 0.29) is 18.4 Å². The minimum absolute atomic E-state index is 0.00505. The number of nitrogens with two attached hydrogens (primary N) is 1. The van der Waals surface area contributed by atoms with Crippen molar-refractivity contribution in [1.29, 1.82) is 0 Å². The Balaban J connectivity index is 2.18. The van der Waals surface area contributed by atoms with Gasteiger partial charge in [0.15, 0.2) is 5.78 Å². The molecule has 0 saturated carbocycles. The van der Waals surface area contributed by atoms with E-state index in [1.54, 1.807) is 17.0 Å². The fourth-order valence-corrected chi connectivity index (χ4v) is 2.31. The third-order valence-electron chi connectivity index (χ3n) is 3.64. The average Bonchev–Trinajstić information content (AvgIpc) is 2.64. The summed E-state index contributed by atoms with van der Waals surface area (Å²) in [5.41, 5.74) is 7.73. The summed E-state index contributed by atoms with van der Waals surface area (Å²) in [7, 11) is 0. The standard InChI is InChI=1S/C19H23N3O2/c1-2-12-21-19(24)22(17-6-4-3-5-7-17)14-15-8-10-16(11-9-15)18(23)13-20/h3-11H,2,12-14,20H2,1H3,(H,21,24). The van der Waals surface area contributed by atoms with Crippen LogP contribution in [0.4, 0.5) is 10.5 Å². The number of urea groups is 1. The van der Waals surface area contributed by atoms with Crippen molar-refractivity contribution in [2.45, 2.75) is 19.9 Å². The molecule has 0 unspecified atom stereocenters. The maximum absolute atomic E-state index is 12.5. The first-order valence-electron chi connectivity index (χ1n) is 8.08. The maximum atomic E-state index is 12.5. The molecule has 0 aliphatic heterocycles. The van der Waals surface area contributed by atoms with Crippen molar-refractivity contribution in [2.75, 3.05) is 18.0 Å². The highest BCUT2D eigenvalue weighted by Crippen LogP contribution is 2.17. The third-order valence-corrected chi connectivity index (χ3v) is 3.64. The van der Waals surface area contributed by atoms with Gasteiger partial charge < -0.3 is 11.1 Å². The smallest absolute Gasteiger partial charge is 0.322 e. The number of benzene rings is 2. The lowest BCUT2D eigenvalue weighted by Crippen LogP contribution is -2.40. The van der Waals surface area contributed by atoms with Crippen molar-refractivity contribution >= 4 is 17.5 Å². The number of ketones is 1. The van der Waals surface area contributed by atoms with Crippen molar-refractivity contribution in [2.24, 2.45) is 5.73 Å². The number of anilines is 1. The summed E-state index contributed by atoms with van der Waals surface area (Å²) in [5, 5.41) is 2.91. The summed E-state index contributed by atoms with van der Waals surface area (Å²) in [6, 6.07) is 16.6. The number of para-hydroxylation sites is 1. The number of amides is 2. The molecule has 5 heteroatoms. The molecule has 126 valence electrons. The topological polar surface area (TPSA) is 75.4 Å². The van der Waals surface area contributed by atoms with E-state index in [0.717, 1.165) is 17.7 Å². The molecule has 0 aliphatic carbocycles. The summed E-state index contributed by atoms with van der Waals surface area (Å²) < 4.78 is 0. The summed E-state index contributed by atoms with van der Waals surface area (Å²) in [5.74, 6) is -0.0952. The molecule has 2 aromatic carbocycles. The Morgan fingerprint density at radius 3 is 2.29 bits per heavy atom. The number of nitrogens with one attached hydrogen (secondary N) is 1. The van der Waals surface area contributed by atoms with Crippen LogP contribution in [-0.2, 0) is 6.54 Å². The molecular weight excluding hydrogens is 302 g/mol. The fraction of sp³-hybridized carbons (Fsp3) is 0.263. The zero-order chi connectivity index (χ0) is 17.4. The Kier molecular flexibility index (Phi) is 6.51. The second kappa shape index (κ2) is 8.84. The van der Waals surface area contributed by atoms with Gasteiger partial charge in [-0.2, -0.15) is 0 Å². The highest BCUT2D eigenvalue weighted by atomic mass is 16.2. The molecule has 24 heavy (non-hydrogen) atoms. The van der Waals surface area contributed by atoms with Gasteiger partial charge in [0.2, 0.25) is 0 Å². The van der Waals surface area contributed by atoms with Crippen LogP contribution in [0.25, 0.3) is 0 Å². The van der Waals surface area contributed by atoms with E-state index in [2.05, 4.69) is 5.32 Å². The zero-order valence-electron chi connectivity index (χ0n) is 13.9. The van der Waals surface area contributed by atoms with E-state index < -0.39 is 0 Å². The van der Waals surface area contributed by atoms with Crippen molar-refractivity contribution < 1.29 is 9.59 Å². The third kappa shape index (κ3) is 4.67. The van der Waals surface area contributed by atoms with E-state index in [1.807, 2.05) is 49.4 Å². The van der Waals surface area contributed by atoms with Gasteiger partial charge in [0.25, 0.3) is 0 Å². The van der Waals surface area contributed by atoms with Crippen LogP contribution in [0.3, 0.4) is 0 Å². The van der Waals surface area contributed by atoms with Crippen molar-refractivity contribution in [3.63, 3.8) is 0 Å². The lowest BCUT2D eigenvalue weighted by atomic mass is 10.1. The van der Waals surface area contributed by atoms with E-state index in [1.165, 1.54) is 0 Å². The van der Waals surface area contributed by atoms with Crippen LogP contribution < -0.4 is 16.0 Å². The van der Waals surface area contributed by atoms with Crippen LogP contribution in [0.15, 0.2) is 54.6 Å². The Bertz CT molecular complexity index is 669. The number of carbonyl (C=O) groups is 2. The van der Waals surface area contributed by atoms with Gasteiger partial charge >= 0.3 is 6.03 Å². The van der Waals surface area contributed by atoms with Gasteiger partial charge in [-0.1, -0.05) is 49.4 Å². The largest absolute Gasteiger partial charge is 0.338 e. The molecule has 0 radical (unpaired) electrons. The van der Waals surface area contributed by atoms with E-state index >= 15 is 0 Å². The molecule has 0 spiro atoms. The second-order valence-corrected chi connectivity index (χ2v) is 5.48. The Morgan fingerprint density at radius 2 is 1.71 bits per heavy atom. The summed E-state index contributed by atoms with van der Waals surface area (Å²) in [4.78, 5) is 25.8. The summed E-state index contributed by atoms with van der Waals surface area (Å²) in [6.07, 6.45) is 0.879. The van der Waals surface area contributed by atoms with Gasteiger partial charge in [-0.15, -0.1) is 0 Å². The minimum atomic E-state index is -0.134. The normalized spacial score (nSPS) is 10.2. The van der Waals surface area contributed by atoms with Crippen LogP contribution in [0.5, 0.6) is 0 Å². The molecule has 5 nitrogen and oxygen atoms in total. The van der Waals surface area contributed by atoms with E-state index in [0.29, 0.717) is 18.7 Å².